The number of anilines is 1. The molecule has 0 aliphatic heterocycles. The minimum atomic E-state index is -0.850. The largest absolute Gasteiger partial charge is 0.317 e. The number of nitrogens with zero attached hydrogens (tertiary/aromatic N) is 3. The predicted molar refractivity (Wildman–Crippen MR) is 71.6 cm³/mol. The van der Waals surface area contributed by atoms with Gasteiger partial charge >= 0.3 is 0 Å². The standard InChI is InChI=1S/C14H8F2N4O/c15-9-2-1-3-10(16)12(9)20-14(21)8-6-11-13(19-7-8)18-5-4-17-11/h1-7H,(H,20,21). The van der Waals surface area contributed by atoms with E-state index in [4.69, 9.17) is 0 Å². The highest BCUT2D eigenvalue weighted by Crippen LogP contribution is 2.19. The lowest BCUT2D eigenvalue weighted by molar-refractivity contribution is 0.102. The lowest BCUT2D eigenvalue weighted by Crippen LogP contribution is -2.14. The maximum Gasteiger partial charge on any atom is 0.257 e. The maximum atomic E-state index is 13.5. The number of carbonyl (C=O) groups excluding carboxylic acids is 1. The van der Waals surface area contributed by atoms with Crippen LogP contribution in [0.25, 0.3) is 11.2 Å². The van der Waals surface area contributed by atoms with Crippen molar-refractivity contribution in [3.63, 3.8) is 0 Å². The van der Waals surface area contributed by atoms with E-state index in [1.807, 2.05) is 0 Å². The van der Waals surface area contributed by atoms with Gasteiger partial charge in [0, 0.05) is 18.6 Å². The molecule has 0 atom stereocenters. The predicted octanol–water partition coefficient (Wildman–Crippen LogP) is 2.56. The number of carbonyl (C=O) groups is 1. The van der Waals surface area contributed by atoms with Gasteiger partial charge < -0.3 is 5.32 Å². The quantitative estimate of drug-likeness (QED) is 0.786. The second-order valence-electron chi connectivity index (χ2n) is 4.17. The molecule has 0 fully saturated rings. The van der Waals surface area contributed by atoms with E-state index in [1.165, 1.54) is 30.7 Å². The topological polar surface area (TPSA) is 67.8 Å². The van der Waals surface area contributed by atoms with Crippen LogP contribution in [0.15, 0.2) is 42.9 Å². The van der Waals surface area contributed by atoms with E-state index < -0.39 is 23.2 Å². The molecular formula is C14H8F2N4O. The van der Waals surface area contributed by atoms with E-state index in [0.29, 0.717) is 11.2 Å². The van der Waals surface area contributed by atoms with Gasteiger partial charge in [-0.05, 0) is 18.2 Å². The van der Waals surface area contributed by atoms with Crippen LogP contribution in [0, 0.1) is 11.6 Å². The molecule has 1 N–H and O–H groups in total. The Labute approximate surface area is 117 Å². The third-order valence-electron chi connectivity index (χ3n) is 2.79. The highest BCUT2D eigenvalue weighted by Gasteiger charge is 2.14. The first-order valence-electron chi connectivity index (χ1n) is 5.97. The molecule has 1 aromatic carbocycles. The van der Waals surface area contributed by atoms with Gasteiger partial charge in [0.05, 0.1) is 5.56 Å². The molecule has 3 rings (SSSR count). The zero-order valence-electron chi connectivity index (χ0n) is 10.5. The van der Waals surface area contributed by atoms with Gasteiger partial charge in [-0.1, -0.05) is 6.07 Å². The fourth-order valence-electron chi connectivity index (χ4n) is 1.79. The Kier molecular flexibility index (Phi) is 3.23. The van der Waals surface area contributed by atoms with Crippen LogP contribution in [0.4, 0.5) is 14.5 Å². The molecule has 5 nitrogen and oxygen atoms in total. The summed E-state index contributed by atoms with van der Waals surface area (Å²) < 4.78 is 27.0. The maximum absolute atomic E-state index is 13.5. The summed E-state index contributed by atoms with van der Waals surface area (Å²) in [4.78, 5) is 24.0. The van der Waals surface area contributed by atoms with Crippen molar-refractivity contribution >= 4 is 22.8 Å². The summed E-state index contributed by atoms with van der Waals surface area (Å²) in [5, 5.41) is 2.18. The molecular weight excluding hydrogens is 278 g/mol. The van der Waals surface area contributed by atoms with Crippen LogP contribution in [-0.4, -0.2) is 20.9 Å². The first-order valence-corrected chi connectivity index (χ1v) is 5.97. The van der Waals surface area contributed by atoms with Crippen LogP contribution in [0.2, 0.25) is 0 Å². The van der Waals surface area contributed by atoms with Crippen LogP contribution >= 0.6 is 0 Å². The normalized spacial score (nSPS) is 10.6. The first-order chi connectivity index (χ1) is 10.1. The summed E-state index contributed by atoms with van der Waals surface area (Å²) in [6.07, 6.45) is 4.21. The zero-order valence-corrected chi connectivity index (χ0v) is 10.5. The summed E-state index contributed by atoms with van der Waals surface area (Å²) in [6.45, 7) is 0. The minimum Gasteiger partial charge on any atom is -0.317 e. The van der Waals surface area contributed by atoms with E-state index >= 15 is 0 Å². The number of nitrogens with one attached hydrogen (secondary N) is 1. The molecule has 0 bridgehead atoms. The SMILES string of the molecule is O=C(Nc1c(F)cccc1F)c1cnc2nccnc2c1. The van der Waals surface area contributed by atoms with Crippen molar-refractivity contribution in [3.05, 3.63) is 60.1 Å². The molecule has 0 spiro atoms. The molecule has 0 aliphatic carbocycles. The van der Waals surface area contributed by atoms with Gasteiger partial charge in [-0.25, -0.2) is 18.7 Å². The van der Waals surface area contributed by atoms with Crippen molar-refractivity contribution in [1.82, 2.24) is 15.0 Å². The summed E-state index contributed by atoms with van der Waals surface area (Å²) in [5.74, 6) is -2.38. The summed E-state index contributed by atoms with van der Waals surface area (Å²) in [5.41, 5.74) is 0.428. The number of amides is 1. The lowest BCUT2D eigenvalue weighted by atomic mass is 10.2. The van der Waals surface area contributed by atoms with Gasteiger partial charge in [-0.2, -0.15) is 0 Å². The Bertz CT molecular complexity index is 818. The van der Waals surface area contributed by atoms with E-state index in [9.17, 15) is 13.6 Å². The number of halogens is 2. The number of aromatic nitrogens is 3. The Hall–Kier alpha value is -2.96. The molecule has 7 heteroatoms. The average molecular weight is 286 g/mol. The molecule has 0 saturated heterocycles. The summed E-state index contributed by atoms with van der Waals surface area (Å²) in [7, 11) is 0. The molecule has 2 aromatic heterocycles. The number of hydrogen-bond donors (Lipinski definition) is 1. The van der Waals surface area contributed by atoms with Gasteiger partial charge in [0.25, 0.3) is 5.91 Å². The van der Waals surface area contributed by atoms with E-state index in [1.54, 1.807) is 0 Å². The van der Waals surface area contributed by atoms with Crippen LogP contribution in [0.3, 0.4) is 0 Å². The Morgan fingerprint density at radius 1 is 1.05 bits per heavy atom. The van der Waals surface area contributed by atoms with Gasteiger partial charge in [0.2, 0.25) is 0 Å². The number of benzene rings is 1. The van der Waals surface area contributed by atoms with Gasteiger partial charge in [-0.15, -0.1) is 0 Å². The van der Waals surface area contributed by atoms with E-state index in [2.05, 4.69) is 20.3 Å². The van der Waals surface area contributed by atoms with Crippen molar-refractivity contribution in [3.8, 4) is 0 Å². The van der Waals surface area contributed by atoms with Crippen LogP contribution in [0.5, 0.6) is 0 Å². The number of rotatable bonds is 2. The average Bonchev–Trinajstić information content (AvgIpc) is 2.50. The zero-order chi connectivity index (χ0) is 14.8. The highest BCUT2D eigenvalue weighted by molar-refractivity contribution is 6.05. The summed E-state index contributed by atoms with van der Waals surface area (Å²) >= 11 is 0. The van der Waals surface area contributed by atoms with Crippen molar-refractivity contribution in [2.75, 3.05) is 5.32 Å². The van der Waals surface area contributed by atoms with Gasteiger partial charge in [0.15, 0.2) is 5.65 Å². The first kappa shape index (κ1) is 13.0. The number of hydrogen-bond acceptors (Lipinski definition) is 4. The van der Waals surface area contributed by atoms with Crippen LogP contribution in [0.1, 0.15) is 10.4 Å². The second kappa shape index (κ2) is 5.20. The third-order valence-corrected chi connectivity index (χ3v) is 2.79. The molecule has 0 aliphatic rings. The second-order valence-corrected chi connectivity index (χ2v) is 4.17. The number of para-hydroxylation sites is 1. The molecule has 104 valence electrons. The van der Waals surface area contributed by atoms with Crippen molar-refractivity contribution in [2.45, 2.75) is 0 Å². The molecule has 3 aromatic rings. The molecule has 21 heavy (non-hydrogen) atoms. The molecule has 0 radical (unpaired) electrons. The minimum absolute atomic E-state index is 0.130. The van der Waals surface area contributed by atoms with Gasteiger partial charge in [0.1, 0.15) is 22.8 Å². The van der Waals surface area contributed by atoms with Crippen LogP contribution < -0.4 is 5.32 Å². The number of pyridine rings is 1. The van der Waals surface area contributed by atoms with E-state index in [0.717, 1.165) is 12.1 Å². The lowest BCUT2D eigenvalue weighted by Gasteiger charge is -2.07. The van der Waals surface area contributed by atoms with Crippen molar-refractivity contribution in [2.24, 2.45) is 0 Å². The van der Waals surface area contributed by atoms with Crippen molar-refractivity contribution in [1.29, 1.82) is 0 Å². The Morgan fingerprint density at radius 3 is 2.52 bits per heavy atom. The van der Waals surface area contributed by atoms with E-state index in [-0.39, 0.29) is 5.56 Å². The van der Waals surface area contributed by atoms with Crippen LogP contribution in [-0.2, 0) is 0 Å². The van der Waals surface area contributed by atoms with Crippen molar-refractivity contribution < 1.29 is 13.6 Å². The fraction of sp³-hybridized carbons (Fsp3) is 0. The highest BCUT2D eigenvalue weighted by atomic mass is 19.1. The summed E-state index contributed by atoms with van der Waals surface area (Å²) in [6, 6.07) is 4.78. The third kappa shape index (κ3) is 2.53. The molecule has 0 unspecified atom stereocenters. The molecule has 0 saturated carbocycles. The monoisotopic (exact) mass is 286 g/mol. The van der Waals surface area contributed by atoms with Gasteiger partial charge in [-0.3, -0.25) is 9.78 Å². The number of fused-ring (bicyclic) bond motifs is 1. The smallest absolute Gasteiger partial charge is 0.257 e. The fourth-order valence-corrected chi connectivity index (χ4v) is 1.79. The molecule has 2 heterocycles. The molecule has 1 amide bonds. The Balaban J connectivity index is 1.94. The Morgan fingerprint density at radius 2 is 1.76 bits per heavy atom.